The van der Waals surface area contributed by atoms with Crippen LogP contribution in [0.1, 0.15) is 79.1 Å². The third kappa shape index (κ3) is 2.13. The van der Waals surface area contributed by atoms with Crippen molar-refractivity contribution in [2.24, 2.45) is 46.3 Å². The minimum absolute atomic E-state index is 0.250. The maximum absolute atomic E-state index is 12.2. The van der Waals surface area contributed by atoms with Crippen molar-refractivity contribution in [3.8, 4) is 0 Å². The van der Waals surface area contributed by atoms with Gasteiger partial charge >= 0.3 is 0 Å². The maximum Gasteiger partial charge on any atom is 0.133 e. The van der Waals surface area contributed by atoms with Crippen molar-refractivity contribution in [2.75, 3.05) is 0 Å². The number of ketones is 2. The van der Waals surface area contributed by atoms with Crippen molar-refractivity contribution in [1.29, 1.82) is 0 Å². The van der Waals surface area contributed by atoms with E-state index < -0.39 is 0 Å². The van der Waals surface area contributed by atoms with Crippen molar-refractivity contribution in [3.63, 3.8) is 0 Å². The highest BCUT2D eigenvalue weighted by atomic mass is 16.1. The molecule has 4 rings (SSSR count). The van der Waals surface area contributed by atoms with Gasteiger partial charge in [-0.15, -0.1) is 0 Å². The fraction of sp³-hybridized carbons (Fsp3) is 0.909. The zero-order chi connectivity index (χ0) is 17.3. The van der Waals surface area contributed by atoms with Gasteiger partial charge in [-0.3, -0.25) is 9.59 Å². The van der Waals surface area contributed by atoms with Gasteiger partial charge in [-0.1, -0.05) is 20.8 Å². The van der Waals surface area contributed by atoms with Crippen LogP contribution in [-0.4, -0.2) is 11.6 Å². The third-order valence-corrected chi connectivity index (χ3v) is 9.34. The Labute approximate surface area is 147 Å². The molecule has 0 spiro atoms. The zero-order valence-corrected chi connectivity index (χ0v) is 15.9. The molecule has 0 amide bonds. The van der Waals surface area contributed by atoms with Crippen LogP contribution in [0.25, 0.3) is 0 Å². The normalized spacial score (nSPS) is 53.9. The average Bonchev–Trinajstić information content (AvgIpc) is 2.87. The van der Waals surface area contributed by atoms with Crippen LogP contribution in [0.2, 0.25) is 0 Å². The summed E-state index contributed by atoms with van der Waals surface area (Å²) in [7, 11) is 0. The van der Waals surface area contributed by atoms with E-state index in [-0.39, 0.29) is 5.41 Å². The topological polar surface area (TPSA) is 34.1 Å². The summed E-state index contributed by atoms with van der Waals surface area (Å²) in [6.45, 7) is 9.16. The Hall–Kier alpha value is -0.660. The molecule has 4 aliphatic rings. The molecule has 0 aliphatic heterocycles. The quantitative estimate of drug-likeness (QED) is 0.674. The Morgan fingerprint density at radius 2 is 1.71 bits per heavy atom. The summed E-state index contributed by atoms with van der Waals surface area (Å²) >= 11 is 0. The molecule has 24 heavy (non-hydrogen) atoms. The van der Waals surface area contributed by atoms with Crippen LogP contribution in [0.4, 0.5) is 0 Å². The molecule has 0 heterocycles. The number of carbonyl (C=O) groups is 2. The molecule has 4 fully saturated rings. The van der Waals surface area contributed by atoms with E-state index >= 15 is 0 Å². The van der Waals surface area contributed by atoms with Gasteiger partial charge in [0.05, 0.1) is 0 Å². The second-order valence-electron chi connectivity index (χ2n) is 10.2. The van der Waals surface area contributed by atoms with Gasteiger partial charge < -0.3 is 0 Å². The van der Waals surface area contributed by atoms with Crippen LogP contribution in [0.3, 0.4) is 0 Å². The number of hydrogen-bond acceptors (Lipinski definition) is 2. The van der Waals surface area contributed by atoms with E-state index in [2.05, 4.69) is 20.8 Å². The Morgan fingerprint density at radius 1 is 1.00 bits per heavy atom. The van der Waals surface area contributed by atoms with Gasteiger partial charge in [0, 0.05) is 18.8 Å². The maximum atomic E-state index is 12.2. The zero-order valence-electron chi connectivity index (χ0n) is 15.9. The van der Waals surface area contributed by atoms with E-state index in [0.29, 0.717) is 34.7 Å². The molecule has 134 valence electrons. The Kier molecular flexibility index (Phi) is 3.79. The lowest BCUT2D eigenvalue weighted by Crippen LogP contribution is -2.56. The van der Waals surface area contributed by atoms with Gasteiger partial charge in [0.1, 0.15) is 11.6 Å². The second-order valence-corrected chi connectivity index (χ2v) is 10.2. The fourth-order valence-corrected chi connectivity index (χ4v) is 8.18. The van der Waals surface area contributed by atoms with Gasteiger partial charge in [0.25, 0.3) is 0 Å². The summed E-state index contributed by atoms with van der Waals surface area (Å²) in [4.78, 5) is 24.3. The molecule has 8 atom stereocenters. The molecule has 0 bridgehead atoms. The summed E-state index contributed by atoms with van der Waals surface area (Å²) in [6, 6.07) is 0. The Balaban J connectivity index is 1.67. The van der Waals surface area contributed by atoms with Crippen LogP contribution < -0.4 is 0 Å². The van der Waals surface area contributed by atoms with Crippen LogP contribution >= 0.6 is 0 Å². The van der Waals surface area contributed by atoms with Crippen LogP contribution in [-0.2, 0) is 9.59 Å². The summed E-state index contributed by atoms with van der Waals surface area (Å²) < 4.78 is 0. The van der Waals surface area contributed by atoms with Gasteiger partial charge in [-0.25, -0.2) is 0 Å². The van der Waals surface area contributed by atoms with E-state index in [4.69, 9.17) is 0 Å². The molecule has 0 aromatic carbocycles. The molecule has 4 saturated carbocycles. The highest BCUT2D eigenvalue weighted by molar-refractivity contribution is 5.80. The van der Waals surface area contributed by atoms with E-state index in [0.717, 1.165) is 43.4 Å². The summed E-state index contributed by atoms with van der Waals surface area (Å²) in [5.41, 5.74) is 0.617. The molecule has 0 radical (unpaired) electrons. The van der Waals surface area contributed by atoms with E-state index in [1.54, 1.807) is 0 Å². The number of fused-ring (bicyclic) bond motifs is 5. The van der Waals surface area contributed by atoms with Gasteiger partial charge in [-0.05, 0) is 85.9 Å². The predicted molar refractivity (Wildman–Crippen MR) is 95.5 cm³/mol. The highest BCUT2D eigenvalue weighted by Crippen LogP contribution is 2.68. The van der Waals surface area contributed by atoms with Crippen molar-refractivity contribution >= 4 is 11.6 Å². The largest absolute Gasteiger partial charge is 0.300 e. The summed E-state index contributed by atoms with van der Waals surface area (Å²) in [6.07, 6.45) is 8.94. The number of Topliss-reactive ketones (excluding diaryl/α,β-unsaturated/α-hetero) is 2. The lowest BCUT2D eigenvalue weighted by Gasteiger charge is -2.62. The molecule has 0 N–H and O–H groups in total. The van der Waals surface area contributed by atoms with E-state index in [1.165, 1.54) is 25.7 Å². The molecule has 0 saturated heterocycles. The van der Waals surface area contributed by atoms with Crippen LogP contribution in [0, 0.1) is 46.3 Å². The first-order valence-electron chi connectivity index (χ1n) is 10.3. The van der Waals surface area contributed by atoms with Gasteiger partial charge in [-0.2, -0.15) is 0 Å². The van der Waals surface area contributed by atoms with Crippen molar-refractivity contribution in [1.82, 2.24) is 0 Å². The summed E-state index contributed by atoms with van der Waals surface area (Å²) in [5, 5.41) is 0. The second kappa shape index (κ2) is 5.42. The van der Waals surface area contributed by atoms with Crippen LogP contribution in [0.5, 0.6) is 0 Å². The molecule has 2 heteroatoms. The molecule has 2 nitrogen and oxygen atoms in total. The van der Waals surface area contributed by atoms with Crippen molar-refractivity contribution in [3.05, 3.63) is 0 Å². The fourth-order valence-electron chi connectivity index (χ4n) is 8.18. The first-order chi connectivity index (χ1) is 11.3. The number of rotatable bonds is 1. The molecular formula is C22H34O2. The van der Waals surface area contributed by atoms with Gasteiger partial charge in [0.2, 0.25) is 0 Å². The third-order valence-electron chi connectivity index (χ3n) is 9.34. The van der Waals surface area contributed by atoms with Crippen LogP contribution in [0.15, 0.2) is 0 Å². The predicted octanol–water partition coefficient (Wildman–Crippen LogP) is 5.05. The van der Waals surface area contributed by atoms with E-state index in [1.807, 2.05) is 6.92 Å². The average molecular weight is 331 g/mol. The first-order valence-corrected chi connectivity index (χ1v) is 10.3. The number of hydrogen-bond donors (Lipinski definition) is 0. The lowest BCUT2D eigenvalue weighted by atomic mass is 9.43. The minimum Gasteiger partial charge on any atom is -0.300 e. The molecule has 2 unspecified atom stereocenters. The van der Waals surface area contributed by atoms with Crippen molar-refractivity contribution < 1.29 is 9.59 Å². The smallest absolute Gasteiger partial charge is 0.133 e. The molecular weight excluding hydrogens is 296 g/mol. The van der Waals surface area contributed by atoms with Crippen molar-refractivity contribution in [2.45, 2.75) is 79.1 Å². The Bertz CT molecular complexity index is 566. The number of carbonyl (C=O) groups excluding carboxylic acids is 2. The van der Waals surface area contributed by atoms with Gasteiger partial charge in [0.15, 0.2) is 0 Å². The lowest BCUT2D eigenvalue weighted by molar-refractivity contribution is -0.151. The SMILES string of the molecule is CC(=O)[C@H]1CC[C@H]2[C@@H]3CC(C)C4CC(=O)CC[C@]4(C)[C@H]3CC[C@]12C. The first kappa shape index (κ1) is 16.8. The summed E-state index contributed by atoms with van der Waals surface area (Å²) in [5.74, 6) is 4.82. The standard InChI is InChI=1S/C22H34O2/c1-13-11-16-18-6-5-17(14(2)23)21(18,3)10-8-19(16)22(4)9-7-15(24)12-20(13)22/h13,16-20H,5-12H2,1-4H3/t13?,16-,17+,18-,19-,20?,21+,22+/m0/s1. The minimum atomic E-state index is 0.250. The molecule has 0 aromatic heterocycles. The highest BCUT2D eigenvalue weighted by Gasteiger charge is 2.61. The monoisotopic (exact) mass is 330 g/mol. The molecule has 4 aliphatic carbocycles. The molecule has 0 aromatic rings. The van der Waals surface area contributed by atoms with E-state index in [9.17, 15) is 9.59 Å². The Morgan fingerprint density at radius 3 is 2.42 bits per heavy atom.